The van der Waals surface area contributed by atoms with Crippen LogP contribution in [0.15, 0.2) is 186 Å². The molecule has 9 rings (SSSR count). The predicted octanol–water partition coefficient (Wildman–Crippen LogP) is 13.4. The van der Waals surface area contributed by atoms with Crippen LogP contribution in [0.2, 0.25) is 0 Å². The highest BCUT2D eigenvalue weighted by Gasteiger charge is 2.15. The molecule has 0 saturated heterocycles. The van der Waals surface area contributed by atoms with E-state index in [1.54, 1.807) is 0 Å². The summed E-state index contributed by atoms with van der Waals surface area (Å²) >= 11 is 1.82. The van der Waals surface area contributed by atoms with Gasteiger partial charge in [-0.2, -0.15) is 0 Å². The fourth-order valence-electron chi connectivity index (χ4n) is 7.32. The zero-order valence-corrected chi connectivity index (χ0v) is 29.1. The molecular formula is C48H34N2S. The average Bonchev–Trinajstić information content (AvgIpc) is 3.58. The Morgan fingerprint density at radius 2 is 1.12 bits per heavy atom. The van der Waals surface area contributed by atoms with E-state index in [0.717, 1.165) is 28.0 Å². The second kappa shape index (κ2) is 12.9. The van der Waals surface area contributed by atoms with Gasteiger partial charge in [0.15, 0.2) is 5.84 Å². The van der Waals surface area contributed by atoms with Crippen molar-refractivity contribution in [1.29, 1.82) is 0 Å². The number of amidine groups is 1. The molecule has 3 heteroatoms. The third-order valence-electron chi connectivity index (χ3n) is 9.89. The molecule has 8 aromatic carbocycles. The molecule has 242 valence electrons. The van der Waals surface area contributed by atoms with Crippen LogP contribution in [0.25, 0.3) is 63.6 Å². The first-order valence-electron chi connectivity index (χ1n) is 17.3. The number of nitrogens with zero attached hydrogens (tertiary/aromatic N) is 2. The summed E-state index contributed by atoms with van der Waals surface area (Å²) in [6, 6.07) is 58.2. The molecule has 1 atom stereocenters. The molecule has 9 aromatic rings. The summed E-state index contributed by atoms with van der Waals surface area (Å²) in [4.78, 5) is 10.5. The minimum Gasteiger partial charge on any atom is -0.254 e. The zero-order valence-electron chi connectivity index (χ0n) is 28.3. The maximum atomic E-state index is 5.35. The third-order valence-corrected chi connectivity index (χ3v) is 11.0. The maximum Gasteiger partial charge on any atom is 0.155 e. The first-order valence-corrected chi connectivity index (χ1v) is 18.1. The number of aliphatic imine (C=N–C) groups is 2. The molecular weight excluding hydrogens is 637 g/mol. The van der Waals surface area contributed by atoms with Crippen molar-refractivity contribution in [3.05, 3.63) is 193 Å². The van der Waals surface area contributed by atoms with E-state index >= 15 is 0 Å². The molecule has 0 aliphatic heterocycles. The molecule has 0 aliphatic rings. The second-order valence-electron chi connectivity index (χ2n) is 13.0. The number of rotatable bonds is 6. The molecule has 0 radical (unpaired) electrons. The van der Waals surface area contributed by atoms with Gasteiger partial charge in [0.25, 0.3) is 0 Å². The van der Waals surface area contributed by atoms with Crippen LogP contribution in [0, 0.1) is 0 Å². The lowest BCUT2D eigenvalue weighted by atomic mass is 9.91. The predicted molar refractivity (Wildman–Crippen MR) is 222 cm³/mol. The van der Waals surface area contributed by atoms with Gasteiger partial charge in [-0.3, -0.25) is 4.99 Å². The van der Waals surface area contributed by atoms with E-state index in [1.807, 2.05) is 35.6 Å². The van der Waals surface area contributed by atoms with Crippen molar-refractivity contribution in [2.24, 2.45) is 9.98 Å². The Balaban J connectivity index is 1.16. The molecule has 0 aliphatic carbocycles. The average molecular weight is 671 g/mol. The molecule has 0 bridgehead atoms. The second-order valence-corrected chi connectivity index (χ2v) is 14.1. The van der Waals surface area contributed by atoms with Crippen LogP contribution >= 0.6 is 11.3 Å². The van der Waals surface area contributed by atoms with Crippen LogP contribution in [0.4, 0.5) is 0 Å². The lowest BCUT2D eigenvalue weighted by Gasteiger charge is -2.14. The van der Waals surface area contributed by atoms with Gasteiger partial charge >= 0.3 is 0 Å². The molecule has 51 heavy (non-hydrogen) atoms. The first kappa shape index (κ1) is 30.9. The highest BCUT2D eigenvalue weighted by Crippen LogP contribution is 2.38. The van der Waals surface area contributed by atoms with Crippen molar-refractivity contribution < 1.29 is 0 Å². The van der Waals surface area contributed by atoms with Crippen molar-refractivity contribution >= 4 is 75.4 Å². The quantitative estimate of drug-likeness (QED) is 0.0728. The normalized spacial score (nSPS) is 13.0. The highest BCUT2D eigenvalue weighted by molar-refractivity contribution is 7.25. The van der Waals surface area contributed by atoms with Crippen molar-refractivity contribution in [2.45, 2.75) is 13.0 Å². The summed E-state index contributed by atoms with van der Waals surface area (Å²) in [5.74, 6) is 0.688. The van der Waals surface area contributed by atoms with Gasteiger partial charge in [0.2, 0.25) is 0 Å². The van der Waals surface area contributed by atoms with Gasteiger partial charge < -0.3 is 0 Å². The molecule has 1 heterocycles. The van der Waals surface area contributed by atoms with E-state index in [0.29, 0.717) is 5.84 Å². The number of thiophene rings is 1. The number of hydrogen-bond acceptors (Lipinski definition) is 2. The fraction of sp³-hybridized carbons (Fsp3) is 0.0417. The van der Waals surface area contributed by atoms with Crippen LogP contribution in [0.3, 0.4) is 0 Å². The van der Waals surface area contributed by atoms with E-state index in [1.165, 1.54) is 58.1 Å². The van der Waals surface area contributed by atoms with E-state index in [4.69, 9.17) is 9.98 Å². The molecule has 0 fully saturated rings. The van der Waals surface area contributed by atoms with Gasteiger partial charge in [-0.25, -0.2) is 4.99 Å². The largest absolute Gasteiger partial charge is 0.254 e. The summed E-state index contributed by atoms with van der Waals surface area (Å²) in [5, 5.41) is 10.1. The molecule has 1 aromatic heterocycles. The fourth-order valence-corrected chi connectivity index (χ4v) is 8.41. The van der Waals surface area contributed by atoms with Crippen molar-refractivity contribution in [2.75, 3.05) is 0 Å². The lowest BCUT2D eigenvalue weighted by molar-refractivity contribution is 0.913. The van der Waals surface area contributed by atoms with E-state index in [2.05, 4.69) is 159 Å². The topological polar surface area (TPSA) is 24.7 Å². The molecule has 0 amide bonds. The molecule has 2 nitrogen and oxygen atoms in total. The zero-order chi connectivity index (χ0) is 34.3. The molecule has 0 N–H and O–H groups in total. The van der Waals surface area contributed by atoms with Gasteiger partial charge in [-0.05, 0) is 97.9 Å². The Kier molecular flexibility index (Phi) is 7.83. The van der Waals surface area contributed by atoms with Crippen LogP contribution in [0.1, 0.15) is 29.7 Å². The monoisotopic (exact) mass is 670 g/mol. The first-order chi connectivity index (χ1) is 25.1. The minimum atomic E-state index is -0.299. The van der Waals surface area contributed by atoms with E-state index in [9.17, 15) is 0 Å². The Morgan fingerprint density at radius 3 is 1.84 bits per heavy atom. The molecule has 1 unspecified atom stereocenters. The summed E-state index contributed by atoms with van der Waals surface area (Å²) in [6.45, 7) is 6.31. The number of fused-ring (bicyclic) bond motifs is 9. The Hall–Kier alpha value is -6.16. The SMILES string of the molecule is C=CC(/N=C(\N=C(/C)c1ccccc1)c1ccc2sc3ccccc3c2c1)c1cccc(-c2ccc3c4ccccc4c4ccccc4c3c2)c1. The van der Waals surface area contributed by atoms with Crippen molar-refractivity contribution in [1.82, 2.24) is 0 Å². The van der Waals surface area contributed by atoms with Crippen molar-refractivity contribution in [3.63, 3.8) is 0 Å². The summed E-state index contributed by atoms with van der Waals surface area (Å²) in [7, 11) is 0. The Labute approximate surface area is 301 Å². The minimum absolute atomic E-state index is 0.299. The summed E-state index contributed by atoms with van der Waals surface area (Å²) in [5.41, 5.74) is 6.35. The molecule has 0 spiro atoms. The van der Waals surface area contributed by atoms with Crippen LogP contribution in [0.5, 0.6) is 0 Å². The van der Waals surface area contributed by atoms with Gasteiger partial charge in [-0.15, -0.1) is 17.9 Å². The molecule has 0 saturated carbocycles. The van der Waals surface area contributed by atoms with E-state index < -0.39 is 0 Å². The van der Waals surface area contributed by atoms with Gasteiger partial charge in [0, 0.05) is 31.4 Å². The van der Waals surface area contributed by atoms with Crippen molar-refractivity contribution in [3.8, 4) is 11.1 Å². The standard InChI is InChI=1S/C48H34N2S/c1-3-45(50-48(49-31(2)32-14-5-4-6-15-32)36-25-27-47-44(30-36)42-22-11-12-23-46(42)51-47)35-17-13-16-33(28-35)34-24-26-41-39-20-8-7-18-37(39)38-19-9-10-21-40(38)43(41)29-34/h3-30,45H,1H2,2H3/b49-31+,50-48-. The maximum absolute atomic E-state index is 5.35. The van der Waals surface area contributed by atoms with E-state index in [-0.39, 0.29) is 6.04 Å². The van der Waals surface area contributed by atoms with Gasteiger partial charge in [0.1, 0.15) is 0 Å². The van der Waals surface area contributed by atoms with Gasteiger partial charge in [-0.1, -0.05) is 133 Å². The lowest BCUT2D eigenvalue weighted by Crippen LogP contribution is -2.06. The Bertz CT molecular complexity index is 2810. The van der Waals surface area contributed by atoms with Gasteiger partial charge in [0.05, 0.1) is 6.04 Å². The summed E-state index contributed by atoms with van der Waals surface area (Å²) < 4.78 is 2.54. The number of benzene rings is 8. The third kappa shape index (κ3) is 5.62. The smallest absolute Gasteiger partial charge is 0.155 e. The Morgan fingerprint density at radius 1 is 0.510 bits per heavy atom. The highest BCUT2D eigenvalue weighted by atomic mass is 32.1. The van der Waals surface area contributed by atoms with Crippen LogP contribution in [-0.4, -0.2) is 11.5 Å². The number of hydrogen-bond donors (Lipinski definition) is 0. The van der Waals surface area contributed by atoms with Crippen LogP contribution in [-0.2, 0) is 0 Å². The van der Waals surface area contributed by atoms with Crippen LogP contribution < -0.4 is 0 Å². The summed E-state index contributed by atoms with van der Waals surface area (Å²) in [6.07, 6.45) is 1.92.